The Morgan fingerprint density at radius 2 is 1.00 bits per heavy atom. The summed E-state index contributed by atoms with van der Waals surface area (Å²) in [6.07, 6.45) is 0. The van der Waals surface area contributed by atoms with E-state index in [4.69, 9.17) is 0 Å². The lowest BCUT2D eigenvalue weighted by Gasteiger charge is -2.27. The van der Waals surface area contributed by atoms with Crippen LogP contribution in [0, 0.1) is 11.3 Å². The first-order valence-corrected chi connectivity index (χ1v) is 16.4. The predicted octanol–water partition coefficient (Wildman–Crippen LogP) is 10.7. The summed E-state index contributed by atoms with van der Waals surface area (Å²) in [6, 6.07) is 44.3. The van der Waals surface area contributed by atoms with Crippen LogP contribution in [0.25, 0.3) is 54.9 Å². The molecule has 0 saturated heterocycles. The Bertz CT molecular complexity index is 1960. The Morgan fingerprint density at radius 1 is 0.524 bits per heavy atom. The van der Waals surface area contributed by atoms with E-state index in [1.165, 1.54) is 32.7 Å². The fourth-order valence-electron chi connectivity index (χ4n) is 6.42. The van der Waals surface area contributed by atoms with E-state index in [0.29, 0.717) is 5.56 Å². The first-order valence-electron chi connectivity index (χ1n) is 14.6. The minimum atomic E-state index is -2.59. The number of hydrogen-bond donors (Lipinski definition) is 0. The molecule has 0 aromatic heterocycles. The molecule has 206 valence electrons. The largest absolute Gasteiger partial charge is 0.318 e. The van der Waals surface area contributed by atoms with Crippen LogP contribution in [0.5, 0.6) is 0 Å². The minimum absolute atomic E-state index is 0.0777. The Morgan fingerprint density at radius 3 is 1.52 bits per heavy atom. The first kappa shape index (κ1) is 27.7. The van der Waals surface area contributed by atoms with Crippen molar-refractivity contribution in [2.24, 2.45) is 0 Å². The summed E-state index contributed by atoms with van der Waals surface area (Å²) in [7, 11) is -2.59. The van der Waals surface area contributed by atoms with Crippen molar-refractivity contribution >= 4 is 34.0 Å². The SMILES string of the molecule is CC(C)P(=O)(c1cccc(-c2c3ccccc3c(-c3ccc(-c4cccc(C#N)c4)cc3)c3ccccc23)c1)C(C)C. The van der Waals surface area contributed by atoms with Crippen molar-refractivity contribution < 1.29 is 4.57 Å². The van der Waals surface area contributed by atoms with Gasteiger partial charge < -0.3 is 4.57 Å². The van der Waals surface area contributed by atoms with Gasteiger partial charge in [0.05, 0.1) is 11.6 Å². The Kier molecular flexibility index (Phi) is 7.32. The van der Waals surface area contributed by atoms with E-state index in [1.54, 1.807) is 0 Å². The summed E-state index contributed by atoms with van der Waals surface area (Å²) in [5.41, 5.74) is 7.55. The van der Waals surface area contributed by atoms with Gasteiger partial charge in [0.2, 0.25) is 0 Å². The van der Waals surface area contributed by atoms with E-state index in [-0.39, 0.29) is 11.3 Å². The molecule has 3 heteroatoms. The highest BCUT2D eigenvalue weighted by Crippen LogP contribution is 2.54. The highest BCUT2D eigenvalue weighted by molar-refractivity contribution is 7.72. The van der Waals surface area contributed by atoms with Crippen LogP contribution < -0.4 is 5.30 Å². The molecule has 0 radical (unpaired) electrons. The average molecular weight is 564 g/mol. The van der Waals surface area contributed by atoms with Gasteiger partial charge in [0.15, 0.2) is 0 Å². The van der Waals surface area contributed by atoms with Crippen molar-refractivity contribution in [3.63, 3.8) is 0 Å². The number of hydrogen-bond acceptors (Lipinski definition) is 2. The van der Waals surface area contributed by atoms with Gasteiger partial charge in [0.25, 0.3) is 0 Å². The summed E-state index contributed by atoms with van der Waals surface area (Å²) in [5.74, 6) is 0. The van der Waals surface area contributed by atoms with Gasteiger partial charge in [-0.05, 0) is 73.1 Å². The maximum absolute atomic E-state index is 14.3. The van der Waals surface area contributed by atoms with Gasteiger partial charge in [-0.3, -0.25) is 0 Å². The van der Waals surface area contributed by atoms with E-state index < -0.39 is 7.14 Å². The van der Waals surface area contributed by atoms with E-state index in [0.717, 1.165) is 27.6 Å². The first-order chi connectivity index (χ1) is 20.3. The van der Waals surface area contributed by atoms with Crippen molar-refractivity contribution in [1.29, 1.82) is 5.26 Å². The van der Waals surface area contributed by atoms with Gasteiger partial charge in [-0.15, -0.1) is 0 Å². The fourth-order valence-corrected chi connectivity index (χ4v) is 9.46. The van der Waals surface area contributed by atoms with Crippen LogP contribution in [0.15, 0.2) is 121 Å². The third kappa shape index (κ3) is 4.65. The molecule has 2 nitrogen and oxygen atoms in total. The van der Waals surface area contributed by atoms with Crippen LogP contribution >= 0.6 is 7.14 Å². The van der Waals surface area contributed by atoms with Gasteiger partial charge in [0.1, 0.15) is 7.14 Å². The number of benzene rings is 6. The predicted molar refractivity (Wildman–Crippen MR) is 180 cm³/mol. The summed E-state index contributed by atoms with van der Waals surface area (Å²) < 4.78 is 14.3. The molecule has 6 rings (SSSR count). The van der Waals surface area contributed by atoms with E-state index in [9.17, 15) is 9.83 Å². The topological polar surface area (TPSA) is 40.9 Å². The normalized spacial score (nSPS) is 11.8. The van der Waals surface area contributed by atoms with Crippen molar-refractivity contribution in [2.75, 3.05) is 0 Å². The molecule has 0 N–H and O–H groups in total. The molecule has 0 aliphatic heterocycles. The molecular weight excluding hydrogens is 529 g/mol. The van der Waals surface area contributed by atoms with E-state index >= 15 is 0 Å². The van der Waals surface area contributed by atoms with Gasteiger partial charge in [-0.2, -0.15) is 5.26 Å². The zero-order valence-electron chi connectivity index (χ0n) is 24.5. The van der Waals surface area contributed by atoms with E-state index in [2.05, 4.69) is 131 Å². The summed E-state index contributed by atoms with van der Waals surface area (Å²) >= 11 is 0. The molecular formula is C39H34NOP. The number of rotatable bonds is 6. The Labute approximate surface area is 248 Å². The molecule has 0 unspecified atom stereocenters. The molecule has 0 atom stereocenters. The third-order valence-electron chi connectivity index (χ3n) is 8.50. The molecule has 42 heavy (non-hydrogen) atoms. The highest BCUT2D eigenvalue weighted by Gasteiger charge is 2.32. The second kappa shape index (κ2) is 11.1. The quantitative estimate of drug-likeness (QED) is 0.149. The Balaban J connectivity index is 1.58. The average Bonchev–Trinajstić information content (AvgIpc) is 3.03. The number of fused-ring (bicyclic) bond motifs is 2. The maximum atomic E-state index is 14.3. The molecule has 0 aliphatic carbocycles. The van der Waals surface area contributed by atoms with Crippen LogP contribution in [0.4, 0.5) is 0 Å². The van der Waals surface area contributed by atoms with Crippen molar-refractivity contribution in [2.45, 2.75) is 39.0 Å². The van der Waals surface area contributed by atoms with Crippen LogP contribution in [-0.4, -0.2) is 11.3 Å². The molecule has 0 heterocycles. The molecule has 6 aromatic rings. The van der Waals surface area contributed by atoms with Gasteiger partial charge in [-0.25, -0.2) is 0 Å². The minimum Gasteiger partial charge on any atom is -0.318 e. The molecule has 6 aromatic carbocycles. The molecule has 0 aliphatic rings. The van der Waals surface area contributed by atoms with Crippen molar-refractivity contribution in [3.05, 3.63) is 127 Å². The van der Waals surface area contributed by atoms with Crippen LogP contribution in [0.2, 0.25) is 0 Å². The second-order valence-corrected chi connectivity index (χ2v) is 15.6. The van der Waals surface area contributed by atoms with E-state index in [1.807, 2.05) is 24.3 Å². The van der Waals surface area contributed by atoms with Crippen LogP contribution in [-0.2, 0) is 4.57 Å². The van der Waals surface area contributed by atoms with Crippen LogP contribution in [0.1, 0.15) is 33.3 Å². The fraction of sp³-hybridized carbons (Fsp3) is 0.154. The number of nitriles is 1. The molecule has 0 amide bonds. The maximum Gasteiger partial charge on any atom is 0.120 e. The zero-order chi connectivity index (χ0) is 29.4. The molecule has 0 spiro atoms. The van der Waals surface area contributed by atoms with Crippen LogP contribution in [0.3, 0.4) is 0 Å². The summed E-state index contributed by atoms with van der Waals surface area (Å²) in [5, 5.41) is 15.0. The monoisotopic (exact) mass is 563 g/mol. The van der Waals surface area contributed by atoms with Gasteiger partial charge >= 0.3 is 0 Å². The number of nitrogens with zero attached hydrogens (tertiary/aromatic N) is 1. The lowest BCUT2D eigenvalue weighted by molar-refractivity contribution is 0.569. The third-order valence-corrected chi connectivity index (χ3v) is 12.7. The molecule has 0 saturated carbocycles. The highest BCUT2D eigenvalue weighted by atomic mass is 31.2. The van der Waals surface area contributed by atoms with Crippen molar-refractivity contribution in [1.82, 2.24) is 0 Å². The molecule has 0 fully saturated rings. The smallest absolute Gasteiger partial charge is 0.120 e. The summed E-state index contributed by atoms with van der Waals surface area (Å²) in [4.78, 5) is 0. The molecule has 0 bridgehead atoms. The lowest BCUT2D eigenvalue weighted by atomic mass is 9.85. The van der Waals surface area contributed by atoms with Gasteiger partial charge in [-0.1, -0.05) is 131 Å². The standard InChI is InChI=1S/C39H34NOP/c1-26(2)42(41,27(3)4)33-14-10-13-32(24-33)39-36-17-7-5-15-34(36)38(35-16-6-8-18-37(35)39)30-21-19-29(20-22-30)31-12-9-11-28(23-31)25-40/h5-24,26-27H,1-4H3. The Hall–Kier alpha value is -4.44. The van der Waals surface area contributed by atoms with Gasteiger partial charge in [0, 0.05) is 16.6 Å². The zero-order valence-corrected chi connectivity index (χ0v) is 25.4. The second-order valence-electron chi connectivity index (χ2n) is 11.6. The van der Waals surface area contributed by atoms with Crippen molar-refractivity contribution in [3.8, 4) is 39.4 Å². The lowest BCUT2D eigenvalue weighted by Crippen LogP contribution is -2.19. The summed E-state index contributed by atoms with van der Waals surface area (Å²) in [6.45, 7) is 8.33.